The van der Waals surface area contributed by atoms with Gasteiger partial charge in [0.05, 0.1) is 19.8 Å². The van der Waals surface area contributed by atoms with Gasteiger partial charge in [0.2, 0.25) is 0 Å². The molecule has 0 N–H and O–H groups in total. The van der Waals surface area contributed by atoms with Crippen molar-refractivity contribution in [2.45, 2.75) is 78.4 Å². The molecule has 0 bridgehead atoms. The highest BCUT2D eigenvalue weighted by Crippen LogP contribution is 2.38. The third kappa shape index (κ3) is 4.73. The van der Waals surface area contributed by atoms with Crippen molar-refractivity contribution < 1.29 is 19.0 Å². The molecule has 0 fully saturated rings. The number of benzene rings is 1. The lowest BCUT2D eigenvalue weighted by molar-refractivity contribution is -0.134. The van der Waals surface area contributed by atoms with Crippen molar-refractivity contribution in [3.63, 3.8) is 0 Å². The fourth-order valence-corrected chi connectivity index (χ4v) is 3.20. The molecule has 2 rings (SSSR count). The average molecular weight is 334 g/mol. The van der Waals surface area contributed by atoms with E-state index in [2.05, 4.69) is 13.8 Å². The minimum absolute atomic E-state index is 0.156. The molecule has 4 nitrogen and oxygen atoms in total. The zero-order chi connectivity index (χ0) is 17.5. The van der Waals surface area contributed by atoms with Gasteiger partial charge in [-0.1, -0.05) is 32.6 Å². The highest BCUT2D eigenvalue weighted by atomic mass is 16.5. The number of carbonyl (C=O) groups excluding carboxylic acids is 1. The molecule has 1 aliphatic rings. The number of methoxy groups -OCH3 is 1. The van der Waals surface area contributed by atoms with Gasteiger partial charge in [-0.2, -0.15) is 0 Å². The molecule has 0 saturated heterocycles. The molecular formula is C20H30O4. The molecule has 0 aliphatic carbocycles. The van der Waals surface area contributed by atoms with E-state index in [-0.39, 0.29) is 12.1 Å². The molecular weight excluding hydrogens is 304 g/mol. The van der Waals surface area contributed by atoms with E-state index in [0.717, 1.165) is 41.7 Å². The number of fused-ring (bicyclic) bond motifs is 1. The molecule has 1 aromatic rings. The summed E-state index contributed by atoms with van der Waals surface area (Å²) in [6.45, 7) is 6.72. The molecule has 1 aliphatic heterocycles. The normalized spacial score (nSPS) is 16.6. The Hall–Kier alpha value is -1.55. The van der Waals surface area contributed by atoms with Gasteiger partial charge in [-0.25, -0.2) is 0 Å². The Labute approximate surface area is 145 Å². The summed E-state index contributed by atoms with van der Waals surface area (Å²) >= 11 is 0. The lowest BCUT2D eigenvalue weighted by Crippen LogP contribution is -2.20. The van der Waals surface area contributed by atoms with Crippen molar-refractivity contribution in [1.82, 2.24) is 0 Å². The van der Waals surface area contributed by atoms with Gasteiger partial charge in [0.25, 0.3) is 0 Å². The van der Waals surface area contributed by atoms with E-state index in [1.165, 1.54) is 19.3 Å². The smallest absolute Gasteiger partial charge is 0.311 e. The molecule has 1 heterocycles. The van der Waals surface area contributed by atoms with E-state index in [0.29, 0.717) is 18.8 Å². The van der Waals surface area contributed by atoms with Crippen LogP contribution in [-0.2, 0) is 22.6 Å². The standard InChI is InChI=1S/C20H30O4/c1-5-6-7-8-9-10-19(21)24-18-12-16-11-14(2)23-13-17(16)20(22-4)15(18)3/h12,14H,5-11,13H2,1-4H3. The fraction of sp³-hybridized carbons (Fsp3) is 0.650. The van der Waals surface area contributed by atoms with Crippen LogP contribution < -0.4 is 9.47 Å². The SMILES string of the molecule is CCCCCCCC(=O)Oc1cc2c(c(OC)c1C)COC(C)C2. The molecule has 0 spiro atoms. The molecule has 4 heteroatoms. The fourth-order valence-electron chi connectivity index (χ4n) is 3.20. The van der Waals surface area contributed by atoms with Crippen LogP contribution in [0.4, 0.5) is 0 Å². The lowest BCUT2D eigenvalue weighted by atomic mass is 9.95. The first-order valence-electron chi connectivity index (χ1n) is 9.08. The molecule has 0 aromatic heterocycles. The third-order valence-electron chi connectivity index (χ3n) is 4.61. The summed E-state index contributed by atoms with van der Waals surface area (Å²) < 4.78 is 16.9. The van der Waals surface area contributed by atoms with Crippen LogP contribution in [0.3, 0.4) is 0 Å². The second kappa shape index (κ2) is 9.07. The zero-order valence-electron chi connectivity index (χ0n) is 15.4. The van der Waals surface area contributed by atoms with Crippen LogP contribution in [-0.4, -0.2) is 19.2 Å². The van der Waals surface area contributed by atoms with Crippen molar-refractivity contribution in [1.29, 1.82) is 0 Å². The maximum atomic E-state index is 12.1. The number of hydrogen-bond acceptors (Lipinski definition) is 4. The third-order valence-corrected chi connectivity index (χ3v) is 4.61. The van der Waals surface area contributed by atoms with Gasteiger partial charge in [0.1, 0.15) is 11.5 Å². The van der Waals surface area contributed by atoms with Gasteiger partial charge >= 0.3 is 5.97 Å². The van der Waals surface area contributed by atoms with Gasteiger partial charge in [0.15, 0.2) is 0 Å². The first kappa shape index (κ1) is 18.8. The predicted octanol–water partition coefficient (Wildman–Crippen LogP) is 4.73. The largest absolute Gasteiger partial charge is 0.496 e. The average Bonchev–Trinajstić information content (AvgIpc) is 2.55. The minimum atomic E-state index is -0.156. The van der Waals surface area contributed by atoms with Gasteiger partial charge in [0, 0.05) is 17.5 Å². The quantitative estimate of drug-likeness (QED) is 0.392. The zero-order valence-corrected chi connectivity index (χ0v) is 15.4. The maximum Gasteiger partial charge on any atom is 0.311 e. The van der Waals surface area contributed by atoms with Crippen LogP contribution in [0, 0.1) is 6.92 Å². The van der Waals surface area contributed by atoms with Crippen LogP contribution in [0.15, 0.2) is 6.07 Å². The Bertz CT molecular complexity index is 565. The summed E-state index contributed by atoms with van der Waals surface area (Å²) in [5.41, 5.74) is 3.10. The van der Waals surface area contributed by atoms with Gasteiger partial charge in [-0.3, -0.25) is 4.79 Å². The Morgan fingerprint density at radius 2 is 2.04 bits per heavy atom. The molecule has 0 amide bonds. The number of rotatable bonds is 8. The van der Waals surface area contributed by atoms with E-state index >= 15 is 0 Å². The van der Waals surface area contributed by atoms with Crippen molar-refractivity contribution in [2.75, 3.05) is 7.11 Å². The minimum Gasteiger partial charge on any atom is -0.496 e. The van der Waals surface area contributed by atoms with Gasteiger partial charge in [-0.15, -0.1) is 0 Å². The number of unbranched alkanes of at least 4 members (excludes halogenated alkanes) is 4. The van der Waals surface area contributed by atoms with Crippen LogP contribution in [0.2, 0.25) is 0 Å². The summed E-state index contributed by atoms with van der Waals surface area (Å²) in [6, 6.07) is 1.99. The first-order chi connectivity index (χ1) is 11.6. The van der Waals surface area contributed by atoms with Crippen molar-refractivity contribution in [2.24, 2.45) is 0 Å². The second-order valence-electron chi connectivity index (χ2n) is 6.63. The van der Waals surface area contributed by atoms with Crippen LogP contribution in [0.1, 0.15) is 69.1 Å². The van der Waals surface area contributed by atoms with E-state index in [1.807, 2.05) is 13.0 Å². The van der Waals surface area contributed by atoms with Crippen LogP contribution >= 0.6 is 0 Å². The summed E-state index contributed by atoms with van der Waals surface area (Å²) in [7, 11) is 1.65. The predicted molar refractivity (Wildman–Crippen MR) is 94.7 cm³/mol. The van der Waals surface area contributed by atoms with Crippen LogP contribution in [0.25, 0.3) is 0 Å². The van der Waals surface area contributed by atoms with E-state index < -0.39 is 0 Å². The van der Waals surface area contributed by atoms with Crippen molar-refractivity contribution >= 4 is 5.97 Å². The van der Waals surface area contributed by atoms with Gasteiger partial charge in [-0.05, 0) is 38.3 Å². The molecule has 134 valence electrons. The Balaban J connectivity index is 2.04. The monoisotopic (exact) mass is 334 g/mol. The van der Waals surface area contributed by atoms with Crippen molar-refractivity contribution in [3.8, 4) is 11.5 Å². The highest BCUT2D eigenvalue weighted by molar-refractivity contribution is 5.73. The topological polar surface area (TPSA) is 44.8 Å². The number of carbonyl (C=O) groups is 1. The molecule has 1 unspecified atom stereocenters. The highest BCUT2D eigenvalue weighted by Gasteiger charge is 2.24. The van der Waals surface area contributed by atoms with Crippen molar-refractivity contribution in [3.05, 3.63) is 22.8 Å². The molecule has 0 radical (unpaired) electrons. The van der Waals surface area contributed by atoms with E-state index in [9.17, 15) is 4.79 Å². The lowest BCUT2D eigenvalue weighted by Gasteiger charge is -2.26. The maximum absolute atomic E-state index is 12.1. The number of esters is 1. The summed E-state index contributed by atoms with van der Waals surface area (Å²) in [5.74, 6) is 1.25. The molecule has 1 aromatic carbocycles. The second-order valence-corrected chi connectivity index (χ2v) is 6.63. The Morgan fingerprint density at radius 3 is 2.75 bits per heavy atom. The Morgan fingerprint density at radius 1 is 1.29 bits per heavy atom. The summed E-state index contributed by atoms with van der Waals surface area (Å²) in [6.07, 6.45) is 7.07. The van der Waals surface area contributed by atoms with E-state index in [4.69, 9.17) is 14.2 Å². The van der Waals surface area contributed by atoms with Gasteiger partial charge < -0.3 is 14.2 Å². The number of ether oxygens (including phenoxy) is 3. The van der Waals surface area contributed by atoms with Crippen LogP contribution in [0.5, 0.6) is 11.5 Å². The summed E-state index contributed by atoms with van der Waals surface area (Å²) in [4.78, 5) is 12.1. The molecule has 24 heavy (non-hydrogen) atoms. The molecule has 1 atom stereocenters. The molecule has 0 saturated carbocycles. The number of hydrogen-bond donors (Lipinski definition) is 0. The summed E-state index contributed by atoms with van der Waals surface area (Å²) in [5, 5.41) is 0. The van der Waals surface area contributed by atoms with E-state index in [1.54, 1.807) is 7.11 Å². The first-order valence-corrected chi connectivity index (χ1v) is 9.08. The Kier molecular flexibility index (Phi) is 7.10.